The summed E-state index contributed by atoms with van der Waals surface area (Å²) >= 11 is 1.11. The van der Waals surface area contributed by atoms with Gasteiger partial charge in [-0.3, -0.25) is 14.4 Å². The zero-order chi connectivity index (χ0) is 25.3. The van der Waals surface area contributed by atoms with Crippen LogP contribution in [0.4, 0.5) is 0 Å². The lowest BCUT2D eigenvalue weighted by Gasteiger charge is -2.46. The Morgan fingerprint density at radius 1 is 1.12 bits per heavy atom. The molecule has 1 N–H and O–H groups in total. The van der Waals surface area contributed by atoms with E-state index in [0.717, 1.165) is 44.1 Å². The number of nitrogens with zero attached hydrogens (tertiary/aromatic N) is 1. The lowest BCUT2D eigenvalue weighted by molar-refractivity contribution is -0.143. The number of piperidine rings is 1. The van der Waals surface area contributed by atoms with Crippen LogP contribution in [0.25, 0.3) is 0 Å². The van der Waals surface area contributed by atoms with Crippen molar-refractivity contribution in [1.29, 1.82) is 0 Å². The Morgan fingerprint density at radius 3 is 2.32 bits per heavy atom. The summed E-state index contributed by atoms with van der Waals surface area (Å²) in [5.41, 5.74) is 0.582. The summed E-state index contributed by atoms with van der Waals surface area (Å²) in [5.74, 6) is -0.800. The highest BCUT2D eigenvalue weighted by molar-refractivity contribution is 8.13. The van der Waals surface area contributed by atoms with Crippen molar-refractivity contribution in [3.63, 3.8) is 0 Å². The third-order valence-corrected chi connectivity index (χ3v) is 13.4. The molecule has 188 valence electrons. The summed E-state index contributed by atoms with van der Waals surface area (Å²) in [7, 11) is -2.04. The smallest absolute Gasteiger partial charge is 0.255 e. The number of hydrogen-bond acceptors (Lipinski definition) is 5. The van der Waals surface area contributed by atoms with Gasteiger partial charge in [0.1, 0.15) is 0 Å². The quantitative estimate of drug-likeness (QED) is 0.318. The largest absolute Gasteiger partial charge is 0.413 e. The average Bonchev–Trinajstić information content (AvgIpc) is 2.76. The Kier molecular flexibility index (Phi) is 8.36. The molecule has 0 bridgehead atoms. The summed E-state index contributed by atoms with van der Waals surface area (Å²) in [5, 5.41) is 2.93. The standard InChI is InChI=1S/C26H40N2O4SSi/c1-17(22-21(23(29)27-22)18(2)32-34(6,7)26(3,4)5)25(31)33-20-14-10-9-13-19(20)24(30)28-15-11-8-12-16-28/h9-10,13-14,17-18,21-22H,8,11-12,15-16H2,1-7H3,(H,27,29)/t17-,18+,21+,22+/m0/s1. The minimum absolute atomic E-state index is 0.00512. The maximum absolute atomic E-state index is 13.3. The highest BCUT2D eigenvalue weighted by atomic mass is 32.2. The van der Waals surface area contributed by atoms with Gasteiger partial charge in [-0.2, -0.15) is 0 Å². The number of β-lactam (4-membered cyclic amide) rings is 1. The predicted octanol–water partition coefficient (Wildman–Crippen LogP) is 5.09. The molecule has 1 aromatic carbocycles. The van der Waals surface area contributed by atoms with E-state index >= 15 is 0 Å². The number of hydrogen-bond donors (Lipinski definition) is 1. The van der Waals surface area contributed by atoms with Crippen LogP contribution >= 0.6 is 11.8 Å². The number of rotatable bonds is 7. The molecule has 6 nitrogen and oxygen atoms in total. The Morgan fingerprint density at radius 2 is 1.74 bits per heavy atom. The molecule has 4 atom stereocenters. The lowest BCUT2D eigenvalue weighted by atomic mass is 9.79. The van der Waals surface area contributed by atoms with E-state index < -0.39 is 14.2 Å². The predicted molar refractivity (Wildman–Crippen MR) is 139 cm³/mol. The zero-order valence-electron chi connectivity index (χ0n) is 21.6. The SMILES string of the molecule is C[C@H](C(=O)Sc1ccccc1C(=O)N1CCCCC1)[C@H]1NC(=O)[C@@H]1[C@@H](C)O[Si](C)(C)C(C)(C)C. The van der Waals surface area contributed by atoms with Crippen LogP contribution in [0.2, 0.25) is 18.1 Å². The Labute approximate surface area is 209 Å². The van der Waals surface area contributed by atoms with Crippen LogP contribution in [0, 0.1) is 11.8 Å². The third kappa shape index (κ3) is 5.77. The zero-order valence-corrected chi connectivity index (χ0v) is 23.5. The van der Waals surface area contributed by atoms with Crippen LogP contribution < -0.4 is 5.32 Å². The Balaban J connectivity index is 1.69. The monoisotopic (exact) mass is 504 g/mol. The summed E-state index contributed by atoms with van der Waals surface area (Å²) < 4.78 is 6.48. The van der Waals surface area contributed by atoms with Gasteiger partial charge in [-0.1, -0.05) is 51.6 Å². The molecule has 2 fully saturated rings. The number of nitrogens with one attached hydrogen (secondary N) is 1. The van der Waals surface area contributed by atoms with Crippen LogP contribution in [-0.4, -0.2) is 55.4 Å². The normalized spacial score (nSPS) is 23.0. The average molecular weight is 505 g/mol. The van der Waals surface area contributed by atoms with E-state index in [1.165, 1.54) is 0 Å². The number of thioether (sulfide) groups is 1. The molecular formula is C26H40N2O4SSi. The van der Waals surface area contributed by atoms with Crippen LogP contribution in [0.1, 0.15) is 64.2 Å². The first-order chi connectivity index (χ1) is 15.8. The van der Waals surface area contributed by atoms with Crippen LogP contribution in [-0.2, 0) is 14.0 Å². The van der Waals surface area contributed by atoms with Gasteiger partial charge in [0.15, 0.2) is 13.4 Å². The first-order valence-electron chi connectivity index (χ1n) is 12.4. The van der Waals surface area contributed by atoms with E-state index in [4.69, 9.17) is 4.43 Å². The fraction of sp³-hybridized carbons (Fsp3) is 0.654. The highest BCUT2D eigenvalue weighted by Crippen LogP contribution is 2.40. The second-order valence-corrected chi connectivity index (χ2v) is 17.0. The minimum Gasteiger partial charge on any atom is -0.413 e. The molecule has 2 saturated heterocycles. The van der Waals surface area contributed by atoms with Gasteiger partial charge in [0, 0.05) is 23.9 Å². The van der Waals surface area contributed by atoms with Gasteiger partial charge in [0.05, 0.1) is 23.6 Å². The topological polar surface area (TPSA) is 75.7 Å². The fourth-order valence-corrected chi connectivity index (χ4v) is 6.81. The molecule has 34 heavy (non-hydrogen) atoms. The van der Waals surface area contributed by atoms with Crippen molar-refractivity contribution in [2.24, 2.45) is 11.8 Å². The van der Waals surface area contributed by atoms with Crippen molar-refractivity contribution in [3.8, 4) is 0 Å². The molecule has 0 saturated carbocycles. The summed E-state index contributed by atoms with van der Waals surface area (Å²) in [6, 6.07) is 7.08. The van der Waals surface area contributed by atoms with Crippen molar-refractivity contribution in [1.82, 2.24) is 10.2 Å². The molecular weight excluding hydrogens is 464 g/mol. The second kappa shape index (κ2) is 10.5. The molecule has 2 heterocycles. The summed E-state index contributed by atoms with van der Waals surface area (Å²) in [6.07, 6.45) is 2.94. The van der Waals surface area contributed by atoms with E-state index in [1.54, 1.807) is 6.07 Å². The van der Waals surface area contributed by atoms with Crippen LogP contribution in [0.5, 0.6) is 0 Å². The maximum Gasteiger partial charge on any atom is 0.255 e. The second-order valence-electron chi connectivity index (χ2n) is 11.2. The van der Waals surface area contributed by atoms with E-state index in [-0.39, 0.29) is 40.0 Å². The van der Waals surface area contributed by atoms with Crippen molar-refractivity contribution in [3.05, 3.63) is 29.8 Å². The summed E-state index contributed by atoms with van der Waals surface area (Å²) in [6.45, 7) is 16.2. The molecule has 2 aliphatic rings. The first kappa shape index (κ1) is 27.0. The van der Waals surface area contributed by atoms with E-state index in [1.807, 2.05) is 36.9 Å². The van der Waals surface area contributed by atoms with Crippen LogP contribution in [0.15, 0.2) is 29.2 Å². The van der Waals surface area contributed by atoms with Crippen molar-refractivity contribution in [2.45, 2.75) is 89.1 Å². The van der Waals surface area contributed by atoms with Gasteiger partial charge in [0.25, 0.3) is 5.91 Å². The fourth-order valence-electron chi connectivity index (χ4n) is 4.42. The first-order valence-corrected chi connectivity index (χ1v) is 16.1. The van der Waals surface area contributed by atoms with Gasteiger partial charge < -0.3 is 14.6 Å². The Hall–Kier alpha value is -1.64. The van der Waals surface area contributed by atoms with Crippen molar-refractivity contribution < 1.29 is 18.8 Å². The summed E-state index contributed by atoms with van der Waals surface area (Å²) in [4.78, 5) is 41.4. The maximum atomic E-state index is 13.3. The van der Waals surface area contributed by atoms with Gasteiger partial charge in [-0.15, -0.1) is 0 Å². The highest BCUT2D eigenvalue weighted by Gasteiger charge is 2.50. The van der Waals surface area contributed by atoms with Gasteiger partial charge in [-0.25, -0.2) is 0 Å². The minimum atomic E-state index is -2.04. The Bertz CT molecular complexity index is 924. The van der Waals surface area contributed by atoms with Crippen LogP contribution in [0.3, 0.4) is 0 Å². The van der Waals surface area contributed by atoms with Crippen molar-refractivity contribution in [2.75, 3.05) is 13.1 Å². The number of amides is 2. The molecule has 0 unspecified atom stereocenters. The van der Waals surface area contributed by atoms with E-state index in [0.29, 0.717) is 10.5 Å². The van der Waals surface area contributed by atoms with Gasteiger partial charge in [0.2, 0.25) is 5.91 Å². The third-order valence-electron chi connectivity index (χ3n) is 7.67. The number of benzene rings is 1. The molecule has 2 amide bonds. The number of carbonyl (C=O) groups is 3. The molecule has 3 rings (SSSR count). The molecule has 0 aliphatic carbocycles. The van der Waals surface area contributed by atoms with Crippen molar-refractivity contribution >= 4 is 37.0 Å². The number of likely N-dealkylation sites (tertiary alicyclic amines) is 1. The van der Waals surface area contributed by atoms with Gasteiger partial charge in [-0.05, 0) is 56.5 Å². The van der Waals surface area contributed by atoms with E-state index in [9.17, 15) is 14.4 Å². The lowest BCUT2D eigenvalue weighted by Crippen LogP contribution is -2.66. The molecule has 8 heteroatoms. The molecule has 0 radical (unpaired) electrons. The molecule has 2 aliphatic heterocycles. The number of carbonyl (C=O) groups excluding carboxylic acids is 3. The van der Waals surface area contributed by atoms with E-state index in [2.05, 4.69) is 39.2 Å². The van der Waals surface area contributed by atoms with Gasteiger partial charge >= 0.3 is 0 Å². The molecule has 0 aromatic heterocycles. The molecule has 1 aromatic rings. The molecule has 0 spiro atoms.